The van der Waals surface area contributed by atoms with Crippen LogP contribution < -0.4 is 15.4 Å². The van der Waals surface area contributed by atoms with Gasteiger partial charge in [0, 0.05) is 11.7 Å². The molecule has 0 spiro atoms. The molecule has 2 aromatic heterocycles. The molecular formula is C18H20ClN7O2S. The summed E-state index contributed by atoms with van der Waals surface area (Å²) < 4.78 is 26.4. The largest absolute Gasteiger partial charge is 0.352 e. The monoisotopic (exact) mass is 433 g/mol. The first-order chi connectivity index (χ1) is 13.8. The van der Waals surface area contributed by atoms with Crippen molar-refractivity contribution in [3.8, 4) is 11.5 Å². The van der Waals surface area contributed by atoms with E-state index in [9.17, 15) is 8.42 Å². The van der Waals surface area contributed by atoms with Crippen molar-refractivity contribution in [1.29, 1.82) is 0 Å². The minimum atomic E-state index is -3.57. The molecular weight excluding hydrogens is 414 g/mol. The van der Waals surface area contributed by atoms with Gasteiger partial charge in [0.25, 0.3) is 0 Å². The highest BCUT2D eigenvalue weighted by molar-refractivity contribution is 7.89. The molecule has 0 aliphatic rings. The van der Waals surface area contributed by atoms with E-state index in [0.717, 1.165) is 0 Å². The van der Waals surface area contributed by atoms with Gasteiger partial charge in [-0.25, -0.2) is 18.1 Å². The van der Waals surface area contributed by atoms with Gasteiger partial charge in [-0.3, -0.25) is 0 Å². The lowest BCUT2D eigenvalue weighted by molar-refractivity contribution is 0.588. The number of halogens is 1. The molecule has 0 saturated heterocycles. The van der Waals surface area contributed by atoms with Crippen LogP contribution in [0.3, 0.4) is 0 Å². The van der Waals surface area contributed by atoms with Gasteiger partial charge >= 0.3 is 0 Å². The Bertz CT molecular complexity index is 1120. The van der Waals surface area contributed by atoms with Gasteiger partial charge in [-0.2, -0.15) is 15.0 Å². The van der Waals surface area contributed by atoms with Crippen molar-refractivity contribution in [2.75, 3.05) is 17.7 Å². The van der Waals surface area contributed by atoms with Crippen LogP contribution in [0, 0.1) is 0 Å². The normalized spacial score (nSPS) is 11.5. The molecule has 9 nitrogen and oxygen atoms in total. The van der Waals surface area contributed by atoms with Crippen molar-refractivity contribution in [1.82, 2.24) is 24.7 Å². The highest BCUT2D eigenvalue weighted by Gasteiger charge is 2.14. The molecule has 11 heteroatoms. The van der Waals surface area contributed by atoms with Gasteiger partial charge in [0.1, 0.15) is 10.8 Å². The van der Waals surface area contributed by atoms with E-state index >= 15 is 0 Å². The number of hydrogen-bond donors (Lipinski definition) is 3. The summed E-state index contributed by atoms with van der Waals surface area (Å²) in [5.74, 6) is 0.916. The molecule has 0 unspecified atom stereocenters. The Kier molecular flexibility index (Phi) is 6.26. The summed E-state index contributed by atoms with van der Waals surface area (Å²) in [5, 5.41) is 6.48. The third kappa shape index (κ3) is 5.37. The summed E-state index contributed by atoms with van der Waals surface area (Å²) in [6.07, 6.45) is 0. The van der Waals surface area contributed by atoms with Crippen LogP contribution in [0.15, 0.2) is 47.4 Å². The number of nitrogens with zero attached hydrogens (tertiary/aromatic N) is 4. The average Bonchev–Trinajstić information content (AvgIpc) is 2.67. The van der Waals surface area contributed by atoms with E-state index in [0.29, 0.717) is 28.3 Å². The van der Waals surface area contributed by atoms with Crippen LogP contribution in [0.1, 0.15) is 13.8 Å². The highest BCUT2D eigenvalue weighted by atomic mass is 35.5. The third-order valence-corrected chi connectivity index (χ3v) is 5.29. The second-order valence-electron chi connectivity index (χ2n) is 6.31. The van der Waals surface area contributed by atoms with Gasteiger partial charge in [-0.05, 0) is 51.2 Å². The number of sulfonamides is 1. The van der Waals surface area contributed by atoms with Gasteiger partial charge in [0.2, 0.25) is 21.9 Å². The molecule has 0 atom stereocenters. The van der Waals surface area contributed by atoms with Crippen LogP contribution in [0.4, 0.5) is 17.6 Å². The second-order valence-corrected chi connectivity index (χ2v) is 8.58. The first-order valence-electron chi connectivity index (χ1n) is 8.73. The summed E-state index contributed by atoms with van der Waals surface area (Å²) in [6.45, 7) is 3.92. The molecule has 0 aliphatic heterocycles. The van der Waals surface area contributed by atoms with E-state index in [1.807, 2.05) is 13.8 Å². The van der Waals surface area contributed by atoms with E-state index in [1.165, 1.54) is 19.2 Å². The summed E-state index contributed by atoms with van der Waals surface area (Å²) >= 11 is 5.99. The lowest BCUT2D eigenvalue weighted by atomic mass is 10.3. The number of hydrogen-bond acceptors (Lipinski definition) is 8. The van der Waals surface area contributed by atoms with Crippen LogP contribution in [-0.4, -0.2) is 41.4 Å². The Labute approximate surface area is 174 Å². The maximum absolute atomic E-state index is 12.0. The number of aromatic nitrogens is 4. The summed E-state index contributed by atoms with van der Waals surface area (Å²) in [6, 6.07) is 11.6. The van der Waals surface area contributed by atoms with Crippen molar-refractivity contribution < 1.29 is 8.42 Å². The standard InChI is InChI=1S/C18H20ClN7O2S/c1-11(2)21-17-24-16(14-8-5-9-15(19)23-14)25-18(26-17)22-12-6-4-7-13(10-12)29(27,28)20-3/h4-11,20H,1-3H3,(H2,21,22,24,25,26). The molecule has 152 valence electrons. The van der Waals surface area contributed by atoms with Crippen molar-refractivity contribution in [2.24, 2.45) is 0 Å². The maximum Gasteiger partial charge on any atom is 0.240 e. The van der Waals surface area contributed by atoms with E-state index in [1.54, 1.807) is 30.3 Å². The zero-order valence-electron chi connectivity index (χ0n) is 16.0. The quantitative estimate of drug-likeness (QED) is 0.486. The molecule has 0 fully saturated rings. The van der Waals surface area contributed by atoms with Gasteiger partial charge < -0.3 is 10.6 Å². The zero-order chi connectivity index (χ0) is 21.0. The van der Waals surface area contributed by atoms with E-state index < -0.39 is 10.0 Å². The Morgan fingerprint density at radius 2 is 1.69 bits per heavy atom. The minimum Gasteiger partial charge on any atom is -0.352 e. The Morgan fingerprint density at radius 3 is 2.38 bits per heavy atom. The van der Waals surface area contributed by atoms with Crippen LogP contribution >= 0.6 is 11.6 Å². The van der Waals surface area contributed by atoms with Crippen LogP contribution in [0.25, 0.3) is 11.5 Å². The maximum atomic E-state index is 12.0. The van der Waals surface area contributed by atoms with Crippen molar-refractivity contribution in [3.63, 3.8) is 0 Å². The number of benzene rings is 1. The number of rotatable bonds is 7. The van der Waals surface area contributed by atoms with E-state index in [-0.39, 0.29) is 16.9 Å². The molecule has 0 aliphatic carbocycles. The first-order valence-corrected chi connectivity index (χ1v) is 10.6. The summed E-state index contributed by atoms with van der Waals surface area (Å²) in [4.78, 5) is 17.5. The molecule has 2 heterocycles. The molecule has 0 radical (unpaired) electrons. The van der Waals surface area contributed by atoms with Crippen molar-refractivity contribution >= 4 is 39.2 Å². The van der Waals surface area contributed by atoms with E-state index in [2.05, 4.69) is 35.3 Å². The summed E-state index contributed by atoms with van der Waals surface area (Å²) in [7, 11) is -2.22. The van der Waals surface area contributed by atoms with Crippen molar-refractivity contribution in [2.45, 2.75) is 24.8 Å². The molecule has 0 amide bonds. The van der Waals surface area contributed by atoms with Crippen molar-refractivity contribution in [3.05, 3.63) is 47.6 Å². The van der Waals surface area contributed by atoms with Crippen LogP contribution in [0.5, 0.6) is 0 Å². The smallest absolute Gasteiger partial charge is 0.240 e. The molecule has 1 aromatic carbocycles. The molecule has 3 rings (SSSR count). The lowest BCUT2D eigenvalue weighted by Gasteiger charge is -2.12. The Balaban J connectivity index is 2.00. The van der Waals surface area contributed by atoms with E-state index in [4.69, 9.17) is 11.6 Å². The number of nitrogens with one attached hydrogen (secondary N) is 3. The number of pyridine rings is 1. The summed E-state index contributed by atoms with van der Waals surface area (Å²) in [5.41, 5.74) is 0.995. The average molecular weight is 434 g/mol. The molecule has 0 saturated carbocycles. The fraction of sp³-hybridized carbons (Fsp3) is 0.222. The predicted molar refractivity (Wildman–Crippen MR) is 113 cm³/mol. The SMILES string of the molecule is CNS(=O)(=O)c1cccc(Nc2nc(NC(C)C)nc(-c3cccc(Cl)n3)n2)c1. The highest BCUT2D eigenvalue weighted by Crippen LogP contribution is 2.22. The van der Waals surface area contributed by atoms with Gasteiger partial charge in [-0.15, -0.1) is 0 Å². The second kappa shape index (κ2) is 8.68. The Hall–Kier alpha value is -2.82. The molecule has 0 bridgehead atoms. The van der Waals surface area contributed by atoms with Gasteiger partial charge in [0.15, 0.2) is 5.82 Å². The molecule has 3 N–H and O–H groups in total. The number of anilines is 3. The van der Waals surface area contributed by atoms with Crippen LogP contribution in [-0.2, 0) is 10.0 Å². The van der Waals surface area contributed by atoms with Gasteiger partial charge in [-0.1, -0.05) is 23.7 Å². The lowest BCUT2D eigenvalue weighted by Crippen LogP contribution is -2.18. The topological polar surface area (TPSA) is 122 Å². The molecule has 29 heavy (non-hydrogen) atoms. The van der Waals surface area contributed by atoms with Gasteiger partial charge in [0.05, 0.1) is 4.90 Å². The minimum absolute atomic E-state index is 0.0921. The van der Waals surface area contributed by atoms with Crippen LogP contribution in [0.2, 0.25) is 5.15 Å². The Morgan fingerprint density at radius 1 is 0.966 bits per heavy atom. The fourth-order valence-electron chi connectivity index (χ4n) is 2.39. The fourth-order valence-corrected chi connectivity index (χ4v) is 3.33. The third-order valence-electron chi connectivity index (χ3n) is 3.67. The molecule has 3 aromatic rings. The zero-order valence-corrected chi connectivity index (χ0v) is 17.6. The first kappa shape index (κ1) is 20.9. The predicted octanol–water partition coefficient (Wildman–Crippen LogP) is 3.06.